The van der Waals surface area contributed by atoms with E-state index >= 15 is 0 Å². The molecule has 0 aliphatic heterocycles. The zero-order chi connectivity index (χ0) is 19.3. The minimum atomic E-state index is -3.68. The third-order valence-electron chi connectivity index (χ3n) is 3.86. The second-order valence-corrected chi connectivity index (χ2v) is 7.96. The van der Waals surface area contributed by atoms with Gasteiger partial charge in [-0.1, -0.05) is 17.7 Å². The average Bonchev–Trinajstić information content (AvgIpc) is 2.57. The van der Waals surface area contributed by atoms with Crippen LogP contribution in [-0.2, 0) is 14.8 Å². The van der Waals surface area contributed by atoms with E-state index in [1.807, 2.05) is 13.8 Å². The molecule has 26 heavy (non-hydrogen) atoms. The monoisotopic (exact) mass is 376 g/mol. The van der Waals surface area contributed by atoms with E-state index in [2.05, 4.69) is 10.0 Å². The maximum atomic E-state index is 12.5. The molecule has 1 amide bonds. The standard InChI is InChI=1S/C19H24N2O4S/c1-13-5-8-17(9-6-13)26(23,24)21-18-10-7-16(11-14(18)2)19(22)20-15(3)12-25-4/h5-11,15,21H,12H2,1-4H3,(H,20,22)/t15-/m1/s1. The third-order valence-corrected chi connectivity index (χ3v) is 5.24. The van der Waals surface area contributed by atoms with Gasteiger partial charge < -0.3 is 10.1 Å². The molecule has 0 spiro atoms. The maximum absolute atomic E-state index is 12.5. The largest absolute Gasteiger partial charge is 0.383 e. The number of hydrogen-bond acceptors (Lipinski definition) is 4. The van der Waals surface area contributed by atoms with Crippen molar-refractivity contribution >= 4 is 21.6 Å². The van der Waals surface area contributed by atoms with E-state index < -0.39 is 10.0 Å². The Labute approximate surface area is 154 Å². The molecule has 0 aliphatic carbocycles. The lowest BCUT2D eigenvalue weighted by Crippen LogP contribution is -2.35. The normalized spacial score (nSPS) is 12.5. The summed E-state index contributed by atoms with van der Waals surface area (Å²) in [5.74, 6) is -0.231. The molecule has 0 aliphatic rings. The van der Waals surface area contributed by atoms with Crippen molar-refractivity contribution in [3.8, 4) is 0 Å². The zero-order valence-corrected chi connectivity index (χ0v) is 16.2. The van der Waals surface area contributed by atoms with Crippen LogP contribution in [0.2, 0.25) is 0 Å². The van der Waals surface area contributed by atoms with Gasteiger partial charge in [-0.3, -0.25) is 9.52 Å². The average molecular weight is 376 g/mol. The molecule has 0 saturated carbocycles. The molecule has 0 heterocycles. The number of carbonyl (C=O) groups is 1. The zero-order valence-electron chi connectivity index (χ0n) is 15.4. The van der Waals surface area contributed by atoms with E-state index in [1.54, 1.807) is 56.5 Å². The van der Waals surface area contributed by atoms with Gasteiger partial charge in [0.05, 0.1) is 17.2 Å². The highest BCUT2D eigenvalue weighted by Crippen LogP contribution is 2.21. The van der Waals surface area contributed by atoms with Crippen LogP contribution in [0.5, 0.6) is 0 Å². The molecule has 0 aromatic heterocycles. The molecule has 0 radical (unpaired) electrons. The van der Waals surface area contributed by atoms with Gasteiger partial charge in [-0.25, -0.2) is 8.42 Å². The molecule has 7 heteroatoms. The number of anilines is 1. The molecule has 0 saturated heterocycles. The van der Waals surface area contributed by atoms with Crippen molar-refractivity contribution in [2.45, 2.75) is 31.7 Å². The minimum absolute atomic E-state index is 0.118. The molecule has 0 fully saturated rings. The van der Waals surface area contributed by atoms with E-state index in [-0.39, 0.29) is 16.8 Å². The fraction of sp³-hybridized carbons (Fsp3) is 0.316. The second-order valence-electron chi connectivity index (χ2n) is 6.28. The van der Waals surface area contributed by atoms with Crippen LogP contribution in [0.4, 0.5) is 5.69 Å². The Morgan fingerprint density at radius 1 is 1.12 bits per heavy atom. The summed E-state index contributed by atoms with van der Waals surface area (Å²) in [6, 6.07) is 11.3. The highest BCUT2D eigenvalue weighted by molar-refractivity contribution is 7.92. The lowest BCUT2D eigenvalue weighted by molar-refractivity contribution is 0.0905. The summed E-state index contributed by atoms with van der Waals surface area (Å²) in [5.41, 5.74) is 2.54. The van der Waals surface area contributed by atoms with Crippen LogP contribution >= 0.6 is 0 Å². The highest BCUT2D eigenvalue weighted by atomic mass is 32.2. The van der Waals surface area contributed by atoms with Gasteiger partial charge >= 0.3 is 0 Å². The number of hydrogen-bond donors (Lipinski definition) is 2. The van der Waals surface area contributed by atoms with Gasteiger partial charge in [-0.05, 0) is 56.7 Å². The Balaban J connectivity index is 2.16. The number of benzene rings is 2. The van der Waals surface area contributed by atoms with Crippen molar-refractivity contribution in [2.24, 2.45) is 0 Å². The van der Waals surface area contributed by atoms with Gasteiger partial charge in [0.25, 0.3) is 15.9 Å². The molecule has 2 N–H and O–H groups in total. The number of rotatable bonds is 7. The smallest absolute Gasteiger partial charge is 0.261 e. The summed E-state index contributed by atoms with van der Waals surface area (Å²) in [7, 11) is -2.11. The molecule has 2 rings (SSSR count). The van der Waals surface area contributed by atoms with E-state index in [9.17, 15) is 13.2 Å². The lowest BCUT2D eigenvalue weighted by Gasteiger charge is -2.15. The van der Waals surface area contributed by atoms with Gasteiger partial charge in [0.15, 0.2) is 0 Å². The van der Waals surface area contributed by atoms with Crippen molar-refractivity contribution in [3.63, 3.8) is 0 Å². The van der Waals surface area contributed by atoms with Crippen LogP contribution in [0.3, 0.4) is 0 Å². The molecular weight excluding hydrogens is 352 g/mol. The fourth-order valence-corrected chi connectivity index (χ4v) is 3.57. The van der Waals surface area contributed by atoms with E-state index in [1.165, 1.54) is 0 Å². The number of carbonyl (C=O) groups excluding carboxylic acids is 1. The molecule has 2 aromatic carbocycles. The van der Waals surface area contributed by atoms with E-state index in [0.29, 0.717) is 23.4 Å². The quantitative estimate of drug-likeness (QED) is 0.778. The summed E-state index contributed by atoms with van der Waals surface area (Å²) < 4.78 is 32.6. The molecule has 140 valence electrons. The molecule has 0 unspecified atom stereocenters. The Hall–Kier alpha value is -2.38. The first-order valence-corrected chi connectivity index (χ1v) is 9.71. The highest BCUT2D eigenvalue weighted by Gasteiger charge is 2.16. The second kappa shape index (κ2) is 8.33. The Bertz CT molecular complexity index is 877. The third kappa shape index (κ3) is 5.06. The van der Waals surface area contributed by atoms with Crippen LogP contribution in [0, 0.1) is 13.8 Å². The van der Waals surface area contributed by atoms with Crippen molar-refractivity contribution in [3.05, 3.63) is 59.2 Å². The summed E-state index contributed by atoms with van der Waals surface area (Å²) in [6.45, 7) is 5.91. The number of methoxy groups -OCH3 is 1. The van der Waals surface area contributed by atoms with Gasteiger partial charge in [-0.2, -0.15) is 0 Å². The van der Waals surface area contributed by atoms with E-state index in [0.717, 1.165) is 5.56 Å². The van der Waals surface area contributed by atoms with Crippen LogP contribution in [0.25, 0.3) is 0 Å². The van der Waals surface area contributed by atoms with Crippen molar-refractivity contribution < 1.29 is 17.9 Å². The first-order chi connectivity index (χ1) is 12.2. The first-order valence-electron chi connectivity index (χ1n) is 8.23. The summed E-state index contributed by atoms with van der Waals surface area (Å²) in [4.78, 5) is 12.4. The SMILES string of the molecule is COC[C@@H](C)NC(=O)c1ccc(NS(=O)(=O)c2ccc(C)cc2)c(C)c1. The number of nitrogens with one attached hydrogen (secondary N) is 2. The Morgan fingerprint density at radius 2 is 1.77 bits per heavy atom. The minimum Gasteiger partial charge on any atom is -0.383 e. The molecular formula is C19H24N2O4S. The van der Waals surface area contributed by atoms with Crippen LogP contribution < -0.4 is 10.0 Å². The predicted molar refractivity (Wildman–Crippen MR) is 102 cm³/mol. The number of amides is 1. The van der Waals surface area contributed by atoms with Gasteiger partial charge in [0.2, 0.25) is 0 Å². The molecule has 2 aromatic rings. The van der Waals surface area contributed by atoms with Crippen molar-refractivity contribution in [2.75, 3.05) is 18.4 Å². The molecule has 6 nitrogen and oxygen atoms in total. The van der Waals surface area contributed by atoms with Crippen molar-refractivity contribution in [1.29, 1.82) is 0 Å². The first kappa shape index (κ1) is 19.9. The van der Waals surface area contributed by atoms with Gasteiger partial charge in [0, 0.05) is 18.7 Å². The Kier molecular flexibility index (Phi) is 6.39. The fourth-order valence-electron chi connectivity index (χ4n) is 2.44. The van der Waals surface area contributed by atoms with E-state index in [4.69, 9.17) is 4.74 Å². The Morgan fingerprint density at radius 3 is 2.35 bits per heavy atom. The van der Waals surface area contributed by atoms with Crippen LogP contribution in [0.15, 0.2) is 47.4 Å². The van der Waals surface area contributed by atoms with Crippen LogP contribution in [-0.4, -0.2) is 34.1 Å². The van der Waals surface area contributed by atoms with Crippen LogP contribution in [0.1, 0.15) is 28.4 Å². The van der Waals surface area contributed by atoms with Gasteiger partial charge in [0.1, 0.15) is 0 Å². The van der Waals surface area contributed by atoms with Crippen molar-refractivity contribution in [1.82, 2.24) is 5.32 Å². The molecule has 1 atom stereocenters. The number of ether oxygens (including phenoxy) is 1. The predicted octanol–water partition coefficient (Wildman–Crippen LogP) is 2.87. The van der Waals surface area contributed by atoms with Gasteiger partial charge in [-0.15, -0.1) is 0 Å². The summed E-state index contributed by atoms with van der Waals surface area (Å²) >= 11 is 0. The maximum Gasteiger partial charge on any atom is 0.261 e. The number of aryl methyl sites for hydroxylation is 2. The summed E-state index contributed by atoms with van der Waals surface area (Å²) in [5, 5.41) is 2.82. The number of sulfonamides is 1. The summed E-state index contributed by atoms with van der Waals surface area (Å²) in [6.07, 6.45) is 0. The molecule has 0 bridgehead atoms. The topological polar surface area (TPSA) is 84.5 Å². The lowest BCUT2D eigenvalue weighted by atomic mass is 10.1.